The van der Waals surface area contributed by atoms with Crippen molar-refractivity contribution in [3.63, 3.8) is 0 Å². The maximum atomic E-state index is 12.7. The van der Waals surface area contributed by atoms with Crippen molar-refractivity contribution in [2.45, 2.75) is 6.18 Å². The molecule has 0 aliphatic carbocycles. The molecular formula is C16H13BrF3NO2. The first-order valence-corrected chi connectivity index (χ1v) is 7.27. The lowest BCUT2D eigenvalue weighted by molar-refractivity contribution is -0.137. The van der Waals surface area contributed by atoms with E-state index < -0.39 is 11.7 Å². The highest BCUT2D eigenvalue weighted by Crippen LogP contribution is 2.36. The molecule has 0 saturated carbocycles. The van der Waals surface area contributed by atoms with Gasteiger partial charge in [-0.25, -0.2) is 0 Å². The molecule has 0 spiro atoms. The van der Waals surface area contributed by atoms with E-state index >= 15 is 0 Å². The van der Waals surface area contributed by atoms with E-state index in [2.05, 4.69) is 20.9 Å². The van der Waals surface area contributed by atoms with E-state index in [1.807, 2.05) is 0 Å². The van der Waals surface area contributed by atoms with Crippen LogP contribution in [0, 0.1) is 0 Å². The summed E-state index contributed by atoms with van der Waals surface area (Å²) in [6, 6.07) is 8.24. The maximum Gasteiger partial charge on any atom is 0.416 e. The molecule has 0 bridgehead atoms. The summed E-state index contributed by atoms with van der Waals surface area (Å²) in [4.78, 5) is 4.08. The number of halogens is 4. The molecule has 3 nitrogen and oxygen atoms in total. The molecule has 0 aromatic heterocycles. The van der Waals surface area contributed by atoms with Crippen LogP contribution in [0.1, 0.15) is 11.1 Å². The summed E-state index contributed by atoms with van der Waals surface area (Å²) in [5.74, 6) is 1.02. The number of rotatable bonds is 4. The highest BCUT2D eigenvalue weighted by molar-refractivity contribution is 9.10. The Morgan fingerprint density at radius 1 is 1.09 bits per heavy atom. The molecule has 7 heteroatoms. The van der Waals surface area contributed by atoms with Crippen LogP contribution < -0.4 is 9.47 Å². The molecule has 2 aromatic rings. The third-order valence-electron chi connectivity index (χ3n) is 2.99. The molecule has 0 unspecified atom stereocenters. The molecule has 0 amide bonds. The summed E-state index contributed by atoms with van der Waals surface area (Å²) in [5.41, 5.74) is 0.137. The van der Waals surface area contributed by atoms with Gasteiger partial charge in [0.25, 0.3) is 0 Å². The number of hydrogen-bond acceptors (Lipinski definition) is 3. The zero-order chi connectivity index (χ0) is 17.0. The average molecular weight is 388 g/mol. The summed E-state index contributed by atoms with van der Waals surface area (Å²) in [6.45, 7) is 0. The van der Waals surface area contributed by atoms with Gasteiger partial charge in [0.15, 0.2) is 11.5 Å². The topological polar surface area (TPSA) is 30.8 Å². The molecule has 0 aliphatic rings. The number of methoxy groups -OCH3 is 2. The second-order valence-electron chi connectivity index (χ2n) is 4.54. The van der Waals surface area contributed by atoms with Crippen LogP contribution in [0.4, 0.5) is 18.9 Å². The zero-order valence-electron chi connectivity index (χ0n) is 12.3. The second-order valence-corrected chi connectivity index (χ2v) is 5.40. The molecule has 0 saturated heterocycles. The molecule has 2 rings (SSSR count). The number of nitrogens with zero attached hydrogens (tertiary/aromatic N) is 1. The Labute approximate surface area is 139 Å². The van der Waals surface area contributed by atoms with Crippen LogP contribution in [-0.2, 0) is 6.18 Å². The van der Waals surface area contributed by atoms with E-state index in [0.29, 0.717) is 21.5 Å². The first kappa shape index (κ1) is 17.3. The number of benzene rings is 2. The molecule has 0 atom stereocenters. The van der Waals surface area contributed by atoms with Crippen LogP contribution in [-0.4, -0.2) is 20.4 Å². The second kappa shape index (κ2) is 7.04. The van der Waals surface area contributed by atoms with Crippen LogP contribution in [0.25, 0.3) is 0 Å². The van der Waals surface area contributed by atoms with Gasteiger partial charge in [0, 0.05) is 6.21 Å². The zero-order valence-corrected chi connectivity index (χ0v) is 13.9. The van der Waals surface area contributed by atoms with Crippen molar-refractivity contribution in [1.29, 1.82) is 0 Å². The lowest BCUT2D eigenvalue weighted by atomic mass is 10.2. The Morgan fingerprint density at radius 2 is 1.83 bits per heavy atom. The van der Waals surface area contributed by atoms with Crippen molar-refractivity contribution in [3.8, 4) is 11.5 Å². The van der Waals surface area contributed by atoms with Gasteiger partial charge in [0.05, 0.1) is 29.9 Å². The molecule has 0 heterocycles. The van der Waals surface area contributed by atoms with E-state index in [9.17, 15) is 13.2 Å². The summed E-state index contributed by atoms with van der Waals surface area (Å²) >= 11 is 3.35. The van der Waals surface area contributed by atoms with Gasteiger partial charge in [-0.3, -0.25) is 4.99 Å². The Balaban J connectivity index is 2.32. The normalized spacial score (nSPS) is 11.7. The third kappa shape index (κ3) is 4.25. The SMILES string of the molecule is COc1cc(C=Nc2cccc(C(F)(F)F)c2)cc(Br)c1OC. The monoisotopic (exact) mass is 387 g/mol. The Morgan fingerprint density at radius 3 is 2.43 bits per heavy atom. The number of hydrogen-bond donors (Lipinski definition) is 0. The van der Waals surface area contributed by atoms with Crippen molar-refractivity contribution in [1.82, 2.24) is 0 Å². The van der Waals surface area contributed by atoms with Crippen molar-refractivity contribution in [3.05, 3.63) is 52.0 Å². The largest absolute Gasteiger partial charge is 0.493 e. The molecule has 122 valence electrons. The fourth-order valence-corrected chi connectivity index (χ4v) is 2.55. The Bertz CT molecular complexity index is 730. The third-order valence-corrected chi connectivity index (χ3v) is 3.58. The van der Waals surface area contributed by atoms with Gasteiger partial charge in [-0.15, -0.1) is 0 Å². The van der Waals surface area contributed by atoms with Crippen LogP contribution in [0.3, 0.4) is 0 Å². The van der Waals surface area contributed by atoms with Gasteiger partial charge in [-0.1, -0.05) is 6.07 Å². The quantitative estimate of drug-likeness (QED) is 0.672. The minimum Gasteiger partial charge on any atom is -0.493 e. The predicted octanol–water partition coefficient (Wildman–Crippen LogP) is 5.24. The first-order chi connectivity index (χ1) is 10.8. The lowest BCUT2D eigenvalue weighted by Gasteiger charge is -2.10. The van der Waals surface area contributed by atoms with E-state index in [4.69, 9.17) is 9.47 Å². The van der Waals surface area contributed by atoms with E-state index in [1.54, 1.807) is 12.1 Å². The van der Waals surface area contributed by atoms with Gasteiger partial charge < -0.3 is 9.47 Å². The lowest BCUT2D eigenvalue weighted by Crippen LogP contribution is -2.03. The standard InChI is InChI=1S/C16H13BrF3NO2/c1-22-14-7-10(6-13(17)15(14)23-2)9-21-12-5-3-4-11(8-12)16(18,19)20/h3-9H,1-2H3. The van der Waals surface area contributed by atoms with Crippen LogP contribution in [0.15, 0.2) is 45.9 Å². The number of alkyl halides is 3. The van der Waals surface area contributed by atoms with Gasteiger partial charge in [0.2, 0.25) is 0 Å². The molecule has 0 N–H and O–H groups in total. The number of aliphatic imine (C=N–C) groups is 1. The van der Waals surface area contributed by atoms with Gasteiger partial charge in [-0.05, 0) is 51.8 Å². The maximum absolute atomic E-state index is 12.7. The molecule has 0 radical (unpaired) electrons. The van der Waals surface area contributed by atoms with E-state index in [0.717, 1.165) is 12.1 Å². The van der Waals surface area contributed by atoms with Gasteiger partial charge in [0.1, 0.15) is 0 Å². The number of ether oxygens (including phenoxy) is 2. The molecule has 0 aliphatic heterocycles. The van der Waals surface area contributed by atoms with E-state index in [1.165, 1.54) is 32.6 Å². The smallest absolute Gasteiger partial charge is 0.416 e. The highest BCUT2D eigenvalue weighted by atomic mass is 79.9. The fourth-order valence-electron chi connectivity index (χ4n) is 1.92. The predicted molar refractivity (Wildman–Crippen MR) is 85.9 cm³/mol. The fraction of sp³-hybridized carbons (Fsp3) is 0.188. The molecule has 2 aromatic carbocycles. The Kier molecular flexibility index (Phi) is 5.30. The summed E-state index contributed by atoms with van der Waals surface area (Å²) < 4.78 is 49.1. The first-order valence-electron chi connectivity index (χ1n) is 6.48. The van der Waals surface area contributed by atoms with Crippen molar-refractivity contribution in [2.24, 2.45) is 4.99 Å². The van der Waals surface area contributed by atoms with Crippen molar-refractivity contribution < 1.29 is 22.6 Å². The highest BCUT2D eigenvalue weighted by Gasteiger charge is 2.30. The molecular weight excluding hydrogens is 375 g/mol. The van der Waals surface area contributed by atoms with Crippen molar-refractivity contribution >= 4 is 27.8 Å². The van der Waals surface area contributed by atoms with Crippen LogP contribution >= 0.6 is 15.9 Å². The minimum atomic E-state index is -4.39. The van der Waals surface area contributed by atoms with Crippen LogP contribution in [0.2, 0.25) is 0 Å². The Hall–Kier alpha value is -2.02. The minimum absolute atomic E-state index is 0.214. The average Bonchev–Trinajstić information content (AvgIpc) is 2.51. The van der Waals surface area contributed by atoms with Crippen molar-refractivity contribution in [2.75, 3.05) is 14.2 Å². The summed E-state index contributed by atoms with van der Waals surface area (Å²) in [6.07, 6.45) is -2.93. The summed E-state index contributed by atoms with van der Waals surface area (Å²) in [7, 11) is 3.01. The van der Waals surface area contributed by atoms with Gasteiger partial charge >= 0.3 is 6.18 Å². The molecule has 0 fully saturated rings. The van der Waals surface area contributed by atoms with E-state index in [-0.39, 0.29) is 5.69 Å². The van der Waals surface area contributed by atoms with Crippen LogP contribution in [0.5, 0.6) is 11.5 Å². The summed E-state index contributed by atoms with van der Waals surface area (Å²) in [5, 5.41) is 0. The van der Waals surface area contributed by atoms with Gasteiger partial charge in [-0.2, -0.15) is 13.2 Å². The molecule has 23 heavy (non-hydrogen) atoms.